The van der Waals surface area contributed by atoms with Gasteiger partial charge in [0.05, 0.1) is 80.8 Å². The molecule has 5 heterocycles. The summed E-state index contributed by atoms with van der Waals surface area (Å²) in [5.41, 5.74) is 7.03. The Balaban J connectivity index is 0.000000267. The van der Waals surface area contributed by atoms with Crippen molar-refractivity contribution >= 4 is 54.2 Å². The number of aromatic hydroxyl groups is 2. The number of phenolic OH excluding ortho intramolecular Hbond substituents is 2. The van der Waals surface area contributed by atoms with E-state index in [1.54, 1.807) is 44.9 Å². The number of allylic oxidation sites excluding steroid dienone is 6. The predicted molar refractivity (Wildman–Crippen MR) is 374 cm³/mol. The van der Waals surface area contributed by atoms with Gasteiger partial charge in [0.2, 0.25) is 6.79 Å². The molecular formula is C77H98N4O16Si. The molecule has 0 radical (unpaired) electrons. The normalized spacial score (nSPS) is 32.7. The Kier molecular flexibility index (Phi) is 21.1. The number of ether oxygens (including phenoxy) is 6. The zero-order chi connectivity index (χ0) is 71.3. The summed E-state index contributed by atoms with van der Waals surface area (Å²) in [6.45, 7) is 26.6. The number of amides is 1. The van der Waals surface area contributed by atoms with Gasteiger partial charge in [-0.25, -0.2) is 0 Å². The molecule has 1 saturated heterocycles. The second-order valence-electron chi connectivity index (χ2n) is 30.0. The van der Waals surface area contributed by atoms with Crippen LogP contribution in [0.4, 0.5) is 5.69 Å². The van der Waals surface area contributed by atoms with Crippen molar-refractivity contribution in [2.24, 2.45) is 46.0 Å². The van der Waals surface area contributed by atoms with Gasteiger partial charge in [-0.2, -0.15) is 5.10 Å². The first-order valence-electron chi connectivity index (χ1n) is 34.4. The molecule has 4 aliphatic carbocycles. The molecule has 0 spiro atoms. The van der Waals surface area contributed by atoms with Gasteiger partial charge in [-0.05, 0) is 118 Å². The monoisotopic (exact) mass is 1360 g/mol. The van der Waals surface area contributed by atoms with Crippen molar-refractivity contribution in [1.82, 2.24) is 5.01 Å². The van der Waals surface area contributed by atoms with Crippen LogP contribution in [-0.4, -0.2) is 162 Å². The lowest BCUT2D eigenvalue weighted by Gasteiger charge is -2.53. The van der Waals surface area contributed by atoms with Gasteiger partial charge in [0.25, 0.3) is 11.7 Å². The van der Waals surface area contributed by atoms with Crippen molar-refractivity contribution < 1.29 is 82.7 Å². The number of anilines is 1. The summed E-state index contributed by atoms with van der Waals surface area (Å²) in [7, 11) is 2.03. The maximum Gasteiger partial charge on any atom is 0.312 e. The molecule has 2 saturated carbocycles. The van der Waals surface area contributed by atoms with E-state index in [-0.39, 0.29) is 63.0 Å². The number of quaternary nitrogens is 1. The number of ketones is 2. The summed E-state index contributed by atoms with van der Waals surface area (Å²) >= 11 is 0. The van der Waals surface area contributed by atoms with Gasteiger partial charge in [0, 0.05) is 78.7 Å². The third kappa shape index (κ3) is 14.1. The Morgan fingerprint density at radius 3 is 2.35 bits per heavy atom. The highest BCUT2D eigenvalue weighted by Crippen LogP contribution is 2.67. The second-order valence-corrected chi connectivity index (χ2v) is 34.7. The van der Waals surface area contributed by atoms with Crippen molar-refractivity contribution in [3.8, 4) is 57.8 Å². The van der Waals surface area contributed by atoms with Crippen LogP contribution in [0, 0.1) is 71.2 Å². The minimum absolute atomic E-state index is 0.0583. The number of phenols is 2. The van der Waals surface area contributed by atoms with Crippen LogP contribution in [0.25, 0.3) is 10.8 Å². The van der Waals surface area contributed by atoms with E-state index in [0.29, 0.717) is 37.9 Å². The van der Waals surface area contributed by atoms with Gasteiger partial charge in [-0.15, -0.1) is 11.5 Å². The number of piperazine rings is 1. The number of hydrogen-bond acceptors (Lipinski definition) is 18. The lowest BCUT2D eigenvalue weighted by molar-refractivity contribution is -0.906. The predicted octanol–water partition coefficient (Wildman–Crippen LogP) is 10.2. The number of likely N-dealkylation sites (N-methyl/N-ethyl adjacent to an activating group) is 1. The standard InChI is InChI=1S/C49H68N4O12Si.C28H30O4/c1-27-16-14-17-28(2)48(61)51-39-34(26-50-52-19-22-53(9,23-20-52)21-15-25-66(11,12)13)43(58)36-37(44(39)59)42(57)32(6)46-38(36)47(60)49(8,65-46)63-24-18-35(62-10)29(3)45(64-33(7)54)31(5)41(56)30(4)40(27)55;1-3-11-28(30)12-10-23-21-7-4-17-13-19(29)6-8-20(17)26(21)22(15-27(23,28)2)18-5-9-24-25(14-18)32-16-31-24/h14,16-18,24,26-27,29-31,35,40-41,45,55-56H,19-23H2,1-13H3,(H3-,50,51,57,58,59,60,61);5,9,13-14,21-23,30H,4,6-8,10,12,15-16H2,1-2H3/b16-14+,24-18+,28-17-;/t27-,29+,30+,31+,35?,40-,41+,45+,49-;21-,22+,23-,27-,28-/m00/s1. The minimum atomic E-state index is -2.09. The summed E-state index contributed by atoms with van der Waals surface area (Å²) in [6, 6.07) is 6.31. The van der Waals surface area contributed by atoms with E-state index in [2.05, 4.69) is 79.5 Å². The van der Waals surface area contributed by atoms with Crippen molar-refractivity contribution in [3.05, 3.63) is 99.4 Å². The van der Waals surface area contributed by atoms with Gasteiger partial charge in [-0.3, -0.25) is 24.2 Å². The Labute approximate surface area is 577 Å². The molecular weight excluding hydrogens is 1260 g/mol. The lowest BCUT2D eigenvalue weighted by Crippen LogP contribution is -2.56. The number of aliphatic hydroxyl groups is 3. The molecule has 12 rings (SSSR count). The fourth-order valence-electron chi connectivity index (χ4n) is 16.2. The number of rotatable bonds is 6. The first-order valence-corrected chi connectivity index (χ1v) is 37.9. The van der Waals surface area contributed by atoms with E-state index in [4.69, 9.17) is 28.4 Å². The van der Waals surface area contributed by atoms with E-state index in [0.717, 1.165) is 67.6 Å². The zero-order valence-electron chi connectivity index (χ0n) is 59.4. The number of hydrogen-bond donors (Lipinski definition) is 6. The summed E-state index contributed by atoms with van der Waals surface area (Å²) in [6.07, 6.45) is 12.8. The Morgan fingerprint density at radius 2 is 1.66 bits per heavy atom. The fourth-order valence-corrected chi connectivity index (χ4v) is 16.8. The van der Waals surface area contributed by atoms with Crippen LogP contribution < -0.4 is 24.6 Å². The van der Waals surface area contributed by atoms with Gasteiger partial charge < -0.3 is 68.9 Å². The molecule has 6 N–H and O–H groups in total. The largest absolute Gasteiger partial charge is 0.872 e. The molecule has 3 aromatic rings. The maximum atomic E-state index is 14.6. The quantitative estimate of drug-likeness (QED) is 0.0255. The highest BCUT2D eigenvalue weighted by molar-refractivity contribution is 6.83. The average Bonchev–Trinajstić information content (AvgIpc) is 1.41. The number of esters is 1. The van der Waals surface area contributed by atoms with E-state index in [9.17, 15) is 49.8 Å². The Morgan fingerprint density at radius 1 is 0.949 bits per heavy atom. The van der Waals surface area contributed by atoms with Crippen molar-refractivity contribution in [3.63, 3.8) is 0 Å². The topological polar surface area (TPSA) is 276 Å². The number of carbonyl (C=O) groups is 4. The molecule has 98 heavy (non-hydrogen) atoms. The van der Waals surface area contributed by atoms with Crippen LogP contribution in [-0.2, 0) is 28.6 Å². The minimum Gasteiger partial charge on any atom is -0.872 e. The molecule has 526 valence electrons. The summed E-state index contributed by atoms with van der Waals surface area (Å²) < 4.78 is 35.7. The van der Waals surface area contributed by atoms with Crippen molar-refractivity contribution in [2.75, 3.05) is 59.0 Å². The number of methoxy groups -OCH3 is 1. The molecule has 0 aromatic heterocycles. The van der Waals surface area contributed by atoms with E-state index < -0.39 is 108 Å². The molecule has 9 aliphatic rings. The van der Waals surface area contributed by atoms with Crippen LogP contribution in [0.2, 0.25) is 19.6 Å². The molecule has 14 atom stereocenters. The van der Waals surface area contributed by atoms with Gasteiger partial charge in [0.15, 0.2) is 17.3 Å². The first-order chi connectivity index (χ1) is 46.2. The molecule has 5 aliphatic heterocycles. The number of aliphatic hydroxyl groups excluding tert-OH is 2. The van der Waals surface area contributed by atoms with Crippen LogP contribution >= 0.6 is 0 Å². The van der Waals surface area contributed by atoms with Gasteiger partial charge in [0.1, 0.15) is 43.6 Å². The highest BCUT2D eigenvalue weighted by Gasteiger charge is 2.63. The number of nitrogens with one attached hydrogen (secondary N) is 1. The zero-order valence-corrected chi connectivity index (χ0v) is 60.4. The smallest absolute Gasteiger partial charge is 0.312 e. The molecule has 5 bridgehead atoms. The SMILES string of the molecule is CC#C[C@]1(O)CC[C@H]2[C@@H]3CCC4=CC(=O)CCC4=C3[C@@H](c3ccc4c(c3)OCO4)C[C@@]21C.COC1/C=C/O[C@@]2(C)Oc3c(C)c([O-])c4c(O)c(c(/C=N/N5CC[N+](C)(CC#C[Si](C)(C)C)CC5)c(O)c4c3C2=O)NC(=O)/C(C)=C\C=C\[C@H](C)[C@H](O)[C@@H](C)[C@@H](O)[C@@H](C)[C@H](OC(C)=O)[C@@H]1C. The number of hydrazone groups is 1. The number of benzene rings is 3. The van der Waals surface area contributed by atoms with Crippen LogP contribution in [0.15, 0.2) is 82.2 Å². The summed E-state index contributed by atoms with van der Waals surface area (Å²) in [5, 5.41) is 81.6. The highest BCUT2D eigenvalue weighted by atomic mass is 28.3. The Bertz CT molecular complexity index is 4000. The molecule has 1 amide bonds. The number of fused-ring (bicyclic) bond motifs is 19. The van der Waals surface area contributed by atoms with Crippen molar-refractivity contribution in [1.29, 1.82) is 0 Å². The first kappa shape index (κ1) is 72.8. The number of nitrogens with zero attached hydrogens (tertiary/aromatic N) is 3. The number of Topliss-reactive ketones (excluding diaryl/α,β-unsaturated/α-hetero) is 1. The fraction of sp³-hybridized carbons (Fsp3) is 0.545. The maximum absolute atomic E-state index is 14.6. The summed E-state index contributed by atoms with van der Waals surface area (Å²) in [5.74, 6) is 3.58. The second kappa shape index (κ2) is 28.4. The van der Waals surface area contributed by atoms with Crippen molar-refractivity contribution in [2.45, 2.75) is 176 Å². The van der Waals surface area contributed by atoms with Gasteiger partial charge in [-0.1, -0.05) is 102 Å². The lowest BCUT2D eigenvalue weighted by atomic mass is 9.51. The molecule has 3 aromatic carbocycles. The Hall–Kier alpha value is -7.89. The molecule has 3 fully saturated rings. The summed E-state index contributed by atoms with van der Waals surface area (Å²) in [4.78, 5) is 53.0. The van der Waals surface area contributed by atoms with Gasteiger partial charge >= 0.3 is 11.8 Å². The average molecular weight is 1360 g/mol. The van der Waals surface area contributed by atoms with Crippen LogP contribution in [0.3, 0.4) is 0 Å². The third-order valence-electron chi connectivity index (χ3n) is 22.1. The molecule has 1 unspecified atom stereocenters. The van der Waals surface area contributed by atoms with E-state index in [1.165, 1.54) is 81.7 Å². The third-order valence-corrected chi connectivity index (χ3v) is 23.0. The van der Waals surface area contributed by atoms with E-state index >= 15 is 0 Å². The number of carbonyl (C=O) groups excluding carboxylic acids is 4. The molecule has 20 nitrogen and oxygen atoms in total. The van der Waals surface area contributed by atoms with E-state index in [1.807, 2.05) is 19.1 Å². The van der Waals surface area contributed by atoms with Crippen LogP contribution in [0.5, 0.6) is 34.5 Å². The van der Waals surface area contributed by atoms with Crippen LogP contribution in [0.1, 0.15) is 140 Å². The molecule has 21 heteroatoms.